The number of hydrogen-bond donors (Lipinski definition) is 1. The Morgan fingerprint density at radius 3 is 1.03 bits per heavy atom. The second kappa shape index (κ2) is 28.9. The van der Waals surface area contributed by atoms with E-state index in [2.05, 4.69) is 15.9 Å². The summed E-state index contributed by atoms with van der Waals surface area (Å²) in [6.45, 7) is 10.1. The molecule has 11 nitrogen and oxygen atoms in total. The average Bonchev–Trinajstić information content (AvgIpc) is 2.93. The number of halogens is 1. The fraction of sp³-hybridized carbons (Fsp3) is 0.769. The molecule has 38 heavy (non-hydrogen) atoms. The van der Waals surface area contributed by atoms with Crippen LogP contribution in [0.1, 0.15) is 0 Å². The Bertz CT molecular complexity index is 617. The maximum absolute atomic E-state index is 5.81. The van der Waals surface area contributed by atoms with Crippen LogP contribution in [0.25, 0.3) is 0 Å². The number of hydrogen-bond acceptors (Lipinski definition) is 11. The molecule has 0 aromatic heterocycles. The molecule has 0 radical (unpaired) electrons. The van der Waals surface area contributed by atoms with Crippen LogP contribution in [0.4, 0.5) is 5.69 Å². The Hall–Kier alpha value is -1.06. The first-order valence-electron chi connectivity index (χ1n) is 13.1. The zero-order valence-corrected chi connectivity index (χ0v) is 24.1. The quantitative estimate of drug-likeness (QED) is 0.0783. The second-order valence-corrected chi connectivity index (χ2v) is 8.38. The van der Waals surface area contributed by atoms with Gasteiger partial charge in [0.25, 0.3) is 0 Å². The normalized spacial score (nSPS) is 11.3. The third-order valence-electron chi connectivity index (χ3n) is 4.60. The molecule has 222 valence electrons. The van der Waals surface area contributed by atoms with Crippen LogP contribution in [0.2, 0.25) is 0 Å². The van der Waals surface area contributed by atoms with Crippen molar-refractivity contribution in [1.82, 2.24) is 0 Å². The number of benzene rings is 1. The van der Waals surface area contributed by atoms with E-state index in [0.717, 1.165) is 5.33 Å². The molecule has 0 aliphatic heterocycles. The molecule has 0 unspecified atom stereocenters. The minimum atomic E-state index is 0.442. The van der Waals surface area contributed by atoms with Crippen molar-refractivity contribution < 1.29 is 47.4 Å². The minimum absolute atomic E-state index is 0.442. The fourth-order valence-electron chi connectivity index (χ4n) is 2.74. The molecule has 0 heterocycles. The highest BCUT2D eigenvalue weighted by Crippen LogP contribution is 2.19. The van der Waals surface area contributed by atoms with Crippen LogP contribution in [-0.4, -0.2) is 131 Å². The first-order chi connectivity index (χ1) is 18.8. The van der Waals surface area contributed by atoms with Gasteiger partial charge >= 0.3 is 0 Å². The zero-order valence-electron chi connectivity index (χ0n) is 22.5. The molecule has 0 saturated carbocycles. The predicted molar refractivity (Wildman–Crippen MR) is 148 cm³/mol. The van der Waals surface area contributed by atoms with E-state index < -0.39 is 0 Å². The number of ether oxygens (including phenoxy) is 10. The third-order valence-corrected chi connectivity index (χ3v) is 4.93. The van der Waals surface area contributed by atoms with Gasteiger partial charge < -0.3 is 53.1 Å². The van der Waals surface area contributed by atoms with Gasteiger partial charge in [-0.25, -0.2) is 0 Å². The van der Waals surface area contributed by atoms with Crippen molar-refractivity contribution >= 4 is 21.6 Å². The van der Waals surface area contributed by atoms with Crippen LogP contribution < -0.4 is 10.5 Å². The van der Waals surface area contributed by atoms with Crippen molar-refractivity contribution in [3.63, 3.8) is 0 Å². The van der Waals surface area contributed by atoms with Gasteiger partial charge in [0.15, 0.2) is 0 Å². The number of nitrogens with two attached hydrogens (primary N) is 1. The molecule has 0 fully saturated rings. The highest BCUT2D eigenvalue weighted by molar-refractivity contribution is 9.09. The van der Waals surface area contributed by atoms with E-state index >= 15 is 0 Å². The van der Waals surface area contributed by atoms with Crippen molar-refractivity contribution in [1.29, 1.82) is 0 Å². The van der Waals surface area contributed by atoms with E-state index in [-0.39, 0.29) is 0 Å². The Balaban J connectivity index is 1.65. The predicted octanol–water partition coefficient (Wildman–Crippen LogP) is 2.19. The Morgan fingerprint density at radius 2 is 0.711 bits per heavy atom. The topological polar surface area (TPSA) is 118 Å². The molecule has 0 atom stereocenters. The lowest BCUT2D eigenvalue weighted by Crippen LogP contribution is -2.15. The summed E-state index contributed by atoms with van der Waals surface area (Å²) < 4.78 is 54.4. The van der Waals surface area contributed by atoms with E-state index in [9.17, 15) is 0 Å². The molecule has 12 heteroatoms. The first-order valence-corrected chi connectivity index (χ1v) is 14.2. The molecular formula is C26H46BrNO10. The third kappa shape index (κ3) is 24.0. The van der Waals surface area contributed by atoms with Crippen LogP contribution >= 0.6 is 15.9 Å². The van der Waals surface area contributed by atoms with Crippen molar-refractivity contribution in [3.8, 4) is 5.75 Å². The van der Waals surface area contributed by atoms with E-state index in [1.165, 1.54) is 0 Å². The van der Waals surface area contributed by atoms with E-state index in [1.807, 2.05) is 18.2 Å². The van der Waals surface area contributed by atoms with Gasteiger partial charge in [0.1, 0.15) is 12.4 Å². The lowest BCUT2D eigenvalue weighted by Gasteiger charge is -2.09. The number of alkyl halides is 1. The number of rotatable bonds is 30. The maximum Gasteiger partial charge on any atom is 0.142 e. The maximum atomic E-state index is 5.81. The molecule has 1 aromatic carbocycles. The van der Waals surface area contributed by atoms with Gasteiger partial charge in [-0.1, -0.05) is 28.1 Å². The standard InChI is InChI=1S/C26H46BrNO10/c27-5-6-29-7-8-30-9-10-31-11-12-32-13-14-33-15-16-34-17-18-35-19-20-36-21-22-37-23-24-38-26-4-2-1-3-25(26)28/h1-4H,5-24,28H2. The van der Waals surface area contributed by atoms with Crippen LogP contribution in [0.5, 0.6) is 5.75 Å². The van der Waals surface area contributed by atoms with Gasteiger partial charge in [0.2, 0.25) is 0 Å². The Morgan fingerprint density at radius 1 is 0.421 bits per heavy atom. The summed E-state index contributed by atoms with van der Waals surface area (Å²) in [4.78, 5) is 0. The van der Waals surface area contributed by atoms with Crippen molar-refractivity contribution in [2.75, 3.05) is 137 Å². The Labute approximate surface area is 235 Å². The average molecular weight is 613 g/mol. The van der Waals surface area contributed by atoms with Gasteiger partial charge in [-0.05, 0) is 12.1 Å². The van der Waals surface area contributed by atoms with Gasteiger partial charge in [-0.3, -0.25) is 0 Å². The van der Waals surface area contributed by atoms with E-state index in [0.29, 0.717) is 137 Å². The van der Waals surface area contributed by atoms with Gasteiger partial charge in [-0.2, -0.15) is 0 Å². The summed E-state index contributed by atoms with van der Waals surface area (Å²) in [5.74, 6) is 0.671. The summed E-state index contributed by atoms with van der Waals surface area (Å²) in [6, 6.07) is 7.38. The SMILES string of the molecule is Nc1ccccc1OCCOCCOCCOCCOCCOCCOCCOCCOCCOCCBr. The van der Waals surface area contributed by atoms with E-state index in [1.54, 1.807) is 6.07 Å². The largest absolute Gasteiger partial charge is 0.489 e. The van der Waals surface area contributed by atoms with Crippen molar-refractivity contribution in [2.45, 2.75) is 0 Å². The van der Waals surface area contributed by atoms with Gasteiger partial charge in [0, 0.05) is 5.33 Å². The fourth-order valence-corrected chi connectivity index (χ4v) is 2.97. The molecule has 0 amide bonds. The molecule has 0 aliphatic carbocycles. The molecule has 0 saturated heterocycles. The monoisotopic (exact) mass is 611 g/mol. The number of para-hydroxylation sites is 2. The summed E-state index contributed by atoms with van der Waals surface area (Å²) in [6.07, 6.45) is 0. The molecule has 1 rings (SSSR count). The highest BCUT2D eigenvalue weighted by atomic mass is 79.9. The first kappa shape index (κ1) is 35.0. The van der Waals surface area contributed by atoms with Crippen LogP contribution in [0, 0.1) is 0 Å². The van der Waals surface area contributed by atoms with Crippen LogP contribution in [0.3, 0.4) is 0 Å². The zero-order chi connectivity index (χ0) is 27.2. The summed E-state index contributed by atoms with van der Waals surface area (Å²) in [7, 11) is 0. The number of anilines is 1. The second-order valence-electron chi connectivity index (χ2n) is 7.59. The van der Waals surface area contributed by atoms with Crippen LogP contribution in [0.15, 0.2) is 24.3 Å². The molecule has 0 bridgehead atoms. The van der Waals surface area contributed by atoms with Crippen molar-refractivity contribution in [3.05, 3.63) is 24.3 Å². The summed E-state index contributed by atoms with van der Waals surface area (Å²) in [5.41, 5.74) is 6.43. The molecule has 0 aliphatic rings. The summed E-state index contributed by atoms with van der Waals surface area (Å²) >= 11 is 3.30. The molecular weight excluding hydrogens is 566 g/mol. The molecule has 2 N–H and O–H groups in total. The lowest BCUT2D eigenvalue weighted by atomic mass is 10.3. The smallest absolute Gasteiger partial charge is 0.142 e. The van der Waals surface area contributed by atoms with Crippen LogP contribution in [-0.2, 0) is 42.6 Å². The van der Waals surface area contributed by atoms with Gasteiger partial charge in [0.05, 0.1) is 125 Å². The minimum Gasteiger partial charge on any atom is -0.489 e. The molecule has 1 aromatic rings. The highest BCUT2D eigenvalue weighted by Gasteiger charge is 1.98. The summed E-state index contributed by atoms with van der Waals surface area (Å²) in [5, 5.41) is 0.839. The molecule has 0 spiro atoms. The van der Waals surface area contributed by atoms with E-state index in [4.69, 9.17) is 53.1 Å². The van der Waals surface area contributed by atoms with Crippen molar-refractivity contribution in [2.24, 2.45) is 0 Å². The van der Waals surface area contributed by atoms with Gasteiger partial charge in [-0.15, -0.1) is 0 Å². The Kier molecular flexibility index (Phi) is 26.6. The lowest BCUT2D eigenvalue weighted by molar-refractivity contribution is -0.0251. The number of nitrogen functional groups attached to an aromatic ring is 1.